The van der Waals surface area contributed by atoms with Crippen molar-refractivity contribution in [1.82, 2.24) is 4.72 Å². The number of benzene rings is 2. The second-order valence-electron chi connectivity index (χ2n) is 3.96. The molecule has 0 aliphatic rings. The number of para-hydroxylation sites is 2. The highest BCUT2D eigenvalue weighted by molar-refractivity contribution is 8.01. The molecule has 110 valence electrons. The summed E-state index contributed by atoms with van der Waals surface area (Å²) >= 11 is 10.7. The predicted molar refractivity (Wildman–Crippen MR) is 86.7 cm³/mol. The van der Waals surface area contributed by atoms with Crippen LogP contribution in [0.25, 0.3) is 0 Å². The van der Waals surface area contributed by atoms with Crippen LogP contribution in [0.5, 0.6) is 0 Å². The van der Waals surface area contributed by atoms with Crippen molar-refractivity contribution in [3.05, 3.63) is 60.7 Å². The zero-order chi connectivity index (χ0) is 15.3. The largest absolute Gasteiger partial charge is 0.336 e. The van der Waals surface area contributed by atoms with Gasteiger partial charge in [0.2, 0.25) is 0 Å². The average Bonchev–Trinajstić information content (AvgIpc) is 2.47. The molecule has 0 unspecified atom stereocenters. The molecule has 0 aromatic heterocycles. The summed E-state index contributed by atoms with van der Waals surface area (Å²) in [5.41, 5.74) is 1.27. The van der Waals surface area contributed by atoms with E-state index in [1.165, 1.54) is 4.90 Å². The third kappa shape index (κ3) is 4.81. The van der Waals surface area contributed by atoms with Gasteiger partial charge in [0, 0.05) is 11.9 Å². The normalized spacial score (nSPS) is 11.0. The summed E-state index contributed by atoms with van der Waals surface area (Å²) in [7, 11) is 0. The molecule has 0 fully saturated rings. The van der Waals surface area contributed by atoms with E-state index in [2.05, 4.69) is 4.72 Å². The van der Waals surface area contributed by atoms with Crippen molar-refractivity contribution in [2.24, 2.45) is 0 Å². The van der Waals surface area contributed by atoms with E-state index >= 15 is 0 Å². The lowest BCUT2D eigenvalue weighted by molar-refractivity contribution is 0.253. The molecule has 21 heavy (non-hydrogen) atoms. The molecule has 0 aliphatic carbocycles. The zero-order valence-electron chi connectivity index (χ0n) is 10.7. The van der Waals surface area contributed by atoms with E-state index in [0.717, 1.165) is 0 Å². The quantitative estimate of drug-likeness (QED) is 0.607. The first-order valence-electron chi connectivity index (χ1n) is 5.92. The number of nitrogens with zero attached hydrogens (tertiary/aromatic N) is 1. The molecule has 2 amide bonds. The molecule has 1 N–H and O–H groups in total. The summed E-state index contributed by atoms with van der Waals surface area (Å²) in [5, 5.41) is 0. The molecule has 0 aliphatic heterocycles. The number of nitrogens with one attached hydrogen (secondary N) is 1. The lowest BCUT2D eigenvalue weighted by Crippen LogP contribution is -2.34. The topological polar surface area (TPSA) is 32.3 Å². The van der Waals surface area contributed by atoms with E-state index in [-0.39, 0.29) is 11.9 Å². The van der Waals surface area contributed by atoms with Crippen LogP contribution in [0.4, 0.5) is 20.6 Å². The number of carbonyl (C=O) groups excluding carboxylic acids is 1. The molecular weight excluding hydrogens is 334 g/mol. The number of carbonyl (C=O) groups is 1. The van der Waals surface area contributed by atoms with Crippen molar-refractivity contribution in [2.45, 2.75) is 3.92 Å². The third-order valence-corrected chi connectivity index (χ3v) is 3.46. The highest BCUT2D eigenvalue weighted by atomic mass is 35.5. The van der Waals surface area contributed by atoms with Crippen molar-refractivity contribution in [1.29, 1.82) is 0 Å². The van der Waals surface area contributed by atoms with Gasteiger partial charge < -0.3 is 0 Å². The molecule has 0 radical (unpaired) electrons. The fourth-order valence-corrected chi connectivity index (χ4v) is 2.21. The van der Waals surface area contributed by atoms with Gasteiger partial charge >= 0.3 is 9.95 Å². The molecule has 0 saturated carbocycles. The van der Waals surface area contributed by atoms with E-state index in [1.54, 1.807) is 48.5 Å². The highest BCUT2D eigenvalue weighted by Crippen LogP contribution is 2.34. The fourth-order valence-electron chi connectivity index (χ4n) is 1.68. The van der Waals surface area contributed by atoms with E-state index in [1.807, 2.05) is 12.1 Å². The summed E-state index contributed by atoms with van der Waals surface area (Å²) in [6.07, 6.45) is 0. The fraction of sp³-hybridized carbons (Fsp3) is 0.0714. The van der Waals surface area contributed by atoms with Crippen LogP contribution in [-0.2, 0) is 0 Å². The Hall–Kier alpha value is -1.43. The maximum absolute atomic E-state index is 13.1. The van der Waals surface area contributed by atoms with Gasteiger partial charge in [-0.25, -0.2) is 4.79 Å². The molecular formula is C14H11Cl2FN2OS. The standard InChI is InChI=1S/C14H11Cl2FN2OS/c15-14(16,17)21-18-13(20)19(11-7-3-1-4-8-11)12-9-5-2-6-10-12/h1-10H,(H,18,20). The molecule has 0 saturated heterocycles. The lowest BCUT2D eigenvalue weighted by Gasteiger charge is -2.23. The Bertz CT molecular complexity index is 553. The minimum absolute atomic E-state index is 0.282. The molecule has 2 aromatic rings. The van der Waals surface area contributed by atoms with Gasteiger partial charge in [-0.2, -0.15) is 4.39 Å². The summed E-state index contributed by atoms with van der Waals surface area (Å²) in [6.45, 7) is 0. The average molecular weight is 345 g/mol. The number of anilines is 2. The minimum Gasteiger partial charge on any atom is -0.276 e. The third-order valence-electron chi connectivity index (χ3n) is 2.49. The molecule has 0 spiro atoms. The Morgan fingerprint density at radius 1 is 1.00 bits per heavy atom. The van der Waals surface area contributed by atoms with Crippen LogP contribution in [0, 0.1) is 0 Å². The molecule has 2 rings (SSSR count). The van der Waals surface area contributed by atoms with Gasteiger partial charge in [-0.05, 0) is 24.3 Å². The van der Waals surface area contributed by atoms with E-state index in [0.29, 0.717) is 11.4 Å². The Kier molecular flexibility index (Phi) is 5.33. The van der Waals surface area contributed by atoms with Crippen LogP contribution in [0.3, 0.4) is 0 Å². The monoisotopic (exact) mass is 344 g/mol. The van der Waals surface area contributed by atoms with Crippen molar-refractivity contribution >= 4 is 52.6 Å². The molecule has 0 bridgehead atoms. The number of hydrogen-bond donors (Lipinski definition) is 1. The number of hydrogen-bond acceptors (Lipinski definition) is 2. The number of rotatable bonds is 4. The van der Waals surface area contributed by atoms with E-state index in [4.69, 9.17) is 23.2 Å². The first kappa shape index (κ1) is 15.9. The molecule has 3 nitrogen and oxygen atoms in total. The van der Waals surface area contributed by atoms with Crippen LogP contribution in [0.1, 0.15) is 0 Å². The van der Waals surface area contributed by atoms with E-state index < -0.39 is 9.95 Å². The highest BCUT2D eigenvalue weighted by Gasteiger charge is 2.27. The Labute approximate surface area is 136 Å². The summed E-state index contributed by atoms with van der Waals surface area (Å²) < 4.78 is 12.8. The lowest BCUT2D eigenvalue weighted by atomic mass is 10.2. The van der Waals surface area contributed by atoms with Crippen LogP contribution in [0.15, 0.2) is 60.7 Å². The number of halogens is 3. The summed E-state index contributed by atoms with van der Waals surface area (Å²) in [4.78, 5) is 13.7. The van der Waals surface area contributed by atoms with Crippen molar-refractivity contribution in [3.8, 4) is 0 Å². The molecule has 2 aromatic carbocycles. The molecule has 7 heteroatoms. The number of alkyl halides is 3. The van der Waals surface area contributed by atoms with Gasteiger partial charge in [-0.1, -0.05) is 59.6 Å². The smallest absolute Gasteiger partial charge is 0.276 e. The zero-order valence-corrected chi connectivity index (χ0v) is 13.0. The summed E-state index contributed by atoms with van der Waals surface area (Å²) in [5.74, 6) is 0. The van der Waals surface area contributed by atoms with Crippen molar-refractivity contribution in [2.75, 3.05) is 4.90 Å². The first-order chi connectivity index (χ1) is 9.97. The van der Waals surface area contributed by atoms with Crippen LogP contribution < -0.4 is 9.62 Å². The van der Waals surface area contributed by atoms with Crippen molar-refractivity contribution < 1.29 is 9.18 Å². The van der Waals surface area contributed by atoms with Crippen LogP contribution >= 0.6 is 35.1 Å². The van der Waals surface area contributed by atoms with Crippen LogP contribution in [0.2, 0.25) is 0 Å². The summed E-state index contributed by atoms with van der Waals surface area (Å²) in [6, 6.07) is 17.4. The van der Waals surface area contributed by atoms with Gasteiger partial charge in [0.05, 0.1) is 11.4 Å². The maximum atomic E-state index is 13.1. The van der Waals surface area contributed by atoms with Crippen LogP contribution in [-0.4, -0.2) is 9.95 Å². The van der Waals surface area contributed by atoms with Crippen molar-refractivity contribution in [3.63, 3.8) is 0 Å². The Morgan fingerprint density at radius 3 is 1.81 bits per heavy atom. The van der Waals surface area contributed by atoms with Gasteiger partial charge in [-0.3, -0.25) is 9.62 Å². The van der Waals surface area contributed by atoms with Gasteiger partial charge in [-0.15, -0.1) is 0 Å². The second kappa shape index (κ2) is 7.02. The second-order valence-corrected chi connectivity index (χ2v) is 6.62. The Balaban J connectivity index is 2.27. The predicted octanol–water partition coefficient (Wildman–Crippen LogP) is 5.24. The SMILES string of the molecule is O=C(NSC(F)(Cl)Cl)N(c1ccccc1)c1ccccc1. The minimum atomic E-state index is -2.59. The molecule has 0 heterocycles. The van der Waals surface area contributed by atoms with Gasteiger partial charge in [0.25, 0.3) is 0 Å². The molecule has 0 atom stereocenters. The Morgan fingerprint density at radius 2 is 1.43 bits per heavy atom. The number of amides is 2. The first-order valence-corrected chi connectivity index (χ1v) is 7.49. The van der Waals surface area contributed by atoms with Gasteiger partial charge in [0.15, 0.2) is 0 Å². The van der Waals surface area contributed by atoms with E-state index in [9.17, 15) is 9.18 Å². The number of urea groups is 1. The van der Waals surface area contributed by atoms with Gasteiger partial charge in [0.1, 0.15) is 0 Å². The maximum Gasteiger partial charge on any atom is 0.336 e.